The summed E-state index contributed by atoms with van der Waals surface area (Å²) in [5.41, 5.74) is 0.785. The second kappa shape index (κ2) is 14.0. The van der Waals surface area contributed by atoms with Crippen LogP contribution in [0.2, 0.25) is 0 Å². The van der Waals surface area contributed by atoms with Crippen LogP contribution >= 0.6 is 0 Å². The number of ketones is 1. The summed E-state index contributed by atoms with van der Waals surface area (Å²) in [5, 5.41) is 10.9. The molecule has 1 aliphatic heterocycles. The number of benzene rings is 1. The lowest BCUT2D eigenvalue weighted by molar-refractivity contribution is -0.129. The molecule has 7 heteroatoms. The SMILES string of the molecule is CCCCN(CCCC)CCCN1C(=O)C(O)=C(C(=O)c2ccc(C)o2)[C@@H]1c1cccc(OCCC)c1. The summed E-state index contributed by atoms with van der Waals surface area (Å²) in [6.07, 6.45) is 6.18. The summed E-state index contributed by atoms with van der Waals surface area (Å²) in [5.74, 6) is -0.122. The van der Waals surface area contributed by atoms with Gasteiger partial charge < -0.3 is 24.1 Å². The van der Waals surface area contributed by atoms with Crippen LogP contribution in [0.3, 0.4) is 0 Å². The number of unbranched alkanes of at least 4 members (excludes halogenated alkanes) is 2. The number of ether oxygens (including phenoxy) is 1. The highest BCUT2D eigenvalue weighted by atomic mass is 16.5. The third kappa shape index (κ3) is 7.25. The van der Waals surface area contributed by atoms with Crippen molar-refractivity contribution in [3.8, 4) is 5.75 Å². The number of rotatable bonds is 16. The van der Waals surface area contributed by atoms with Crippen molar-refractivity contribution >= 4 is 11.7 Å². The minimum atomic E-state index is -0.713. The molecule has 0 saturated heterocycles. The van der Waals surface area contributed by atoms with E-state index in [4.69, 9.17) is 9.15 Å². The number of amides is 1. The van der Waals surface area contributed by atoms with Crippen LogP contribution in [0.15, 0.2) is 52.1 Å². The summed E-state index contributed by atoms with van der Waals surface area (Å²) in [7, 11) is 0. The Kier molecular flexibility index (Phi) is 10.8. The maximum absolute atomic E-state index is 13.5. The molecule has 1 aromatic carbocycles. The van der Waals surface area contributed by atoms with Gasteiger partial charge in [-0.05, 0) is 82.1 Å². The van der Waals surface area contributed by atoms with E-state index in [0.717, 1.165) is 63.7 Å². The first-order chi connectivity index (χ1) is 17.9. The first-order valence-electron chi connectivity index (χ1n) is 13.7. The van der Waals surface area contributed by atoms with Gasteiger partial charge in [0.25, 0.3) is 5.91 Å². The summed E-state index contributed by atoms with van der Waals surface area (Å²) >= 11 is 0. The highest BCUT2D eigenvalue weighted by Crippen LogP contribution is 2.40. The van der Waals surface area contributed by atoms with E-state index < -0.39 is 23.5 Å². The fourth-order valence-electron chi connectivity index (χ4n) is 4.71. The number of aliphatic hydroxyl groups is 1. The first kappa shape index (κ1) is 28.5. The second-order valence-electron chi connectivity index (χ2n) is 9.73. The lowest BCUT2D eigenvalue weighted by Crippen LogP contribution is -2.35. The smallest absolute Gasteiger partial charge is 0.290 e. The quantitative estimate of drug-likeness (QED) is 0.269. The highest BCUT2D eigenvalue weighted by molar-refractivity contribution is 6.15. The molecule has 37 heavy (non-hydrogen) atoms. The topological polar surface area (TPSA) is 83.2 Å². The molecular weight excluding hydrogens is 468 g/mol. The number of hydrogen-bond acceptors (Lipinski definition) is 6. The van der Waals surface area contributed by atoms with Crippen LogP contribution in [-0.4, -0.2) is 59.4 Å². The van der Waals surface area contributed by atoms with Crippen LogP contribution in [-0.2, 0) is 4.79 Å². The lowest BCUT2D eigenvalue weighted by Gasteiger charge is -2.28. The van der Waals surface area contributed by atoms with Crippen molar-refractivity contribution in [2.24, 2.45) is 0 Å². The van der Waals surface area contributed by atoms with Gasteiger partial charge in [-0.2, -0.15) is 0 Å². The molecule has 0 fully saturated rings. The molecule has 3 rings (SSSR count). The summed E-state index contributed by atoms with van der Waals surface area (Å²) < 4.78 is 11.4. The van der Waals surface area contributed by atoms with Crippen LogP contribution in [0.1, 0.15) is 87.2 Å². The first-order valence-corrected chi connectivity index (χ1v) is 13.7. The van der Waals surface area contributed by atoms with Gasteiger partial charge >= 0.3 is 0 Å². The molecule has 0 bridgehead atoms. The van der Waals surface area contributed by atoms with E-state index >= 15 is 0 Å². The molecule has 2 aromatic rings. The van der Waals surface area contributed by atoms with E-state index in [1.165, 1.54) is 0 Å². The number of aliphatic hydroxyl groups excluding tert-OH is 1. The molecule has 1 amide bonds. The molecule has 1 atom stereocenters. The minimum Gasteiger partial charge on any atom is -0.503 e. The normalized spacial score (nSPS) is 15.8. The van der Waals surface area contributed by atoms with Gasteiger partial charge in [0.15, 0.2) is 11.5 Å². The molecule has 7 nitrogen and oxygen atoms in total. The van der Waals surface area contributed by atoms with Gasteiger partial charge in [-0.25, -0.2) is 0 Å². The molecule has 0 spiro atoms. The van der Waals surface area contributed by atoms with Crippen molar-refractivity contribution in [2.75, 3.05) is 32.8 Å². The van der Waals surface area contributed by atoms with Crippen molar-refractivity contribution in [2.45, 2.75) is 72.3 Å². The fraction of sp³-hybridized carbons (Fsp3) is 0.533. The standard InChI is InChI=1S/C30H42N2O5/c1-5-8-16-31(17-9-6-2)18-11-19-32-27(23-12-10-13-24(21-23)36-20-7-3)26(29(34)30(32)35)28(33)25-15-14-22(4)37-25/h10,12-15,21,27,34H,5-9,11,16-20H2,1-4H3/t27-/m0/s1. The zero-order chi connectivity index (χ0) is 26.8. The highest BCUT2D eigenvalue weighted by Gasteiger charge is 2.44. The number of furan rings is 1. The summed E-state index contributed by atoms with van der Waals surface area (Å²) in [4.78, 5) is 30.9. The zero-order valence-corrected chi connectivity index (χ0v) is 22.8. The van der Waals surface area contributed by atoms with Gasteiger partial charge in [0, 0.05) is 6.54 Å². The largest absolute Gasteiger partial charge is 0.503 e. The molecule has 0 saturated carbocycles. The Morgan fingerprint density at radius 3 is 2.35 bits per heavy atom. The predicted molar refractivity (Wildman–Crippen MR) is 145 cm³/mol. The summed E-state index contributed by atoms with van der Waals surface area (Å²) in [6.45, 7) is 12.1. The van der Waals surface area contributed by atoms with Crippen LogP contribution < -0.4 is 4.74 Å². The Balaban J connectivity index is 1.88. The van der Waals surface area contributed by atoms with Gasteiger partial charge in [0.05, 0.1) is 18.2 Å². The number of carbonyl (C=O) groups excluding carboxylic acids is 2. The lowest BCUT2D eigenvalue weighted by atomic mass is 9.95. The van der Waals surface area contributed by atoms with Gasteiger partial charge in [-0.1, -0.05) is 45.7 Å². The number of carbonyl (C=O) groups is 2. The Bertz CT molecular complexity index is 1070. The molecule has 2 heterocycles. The average Bonchev–Trinajstić information content (AvgIpc) is 3.45. The maximum Gasteiger partial charge on any atom is 0.290 e. The number of nitrogens with zero attached hydrogens (tertiary/aromatic N) is 2. The van der Waals surface area contributed by atoms with Crippen LogP contribution in [0, 0.1) is 6.92 Å². The monoisotopic (exact) mass is 510 g/mol. The third-order valence-corrected chi connectivity index (χ3v) is 6.69. The van der Waals surface area contributed by atoms with E-state index in [2.05, 4.69) is 18.7 Å². The zero-order valence-electron chi connectivity index (χ0n) is 22.8. The van der Waals surface area contributed by atoms with Gasteiger partial charge in [-0.15, -0.1) is 0 Å². The van der Waals surface area contributed by atoms with Crippen molar-refractivity contribution < 1.29 is 23.8 Å². The number of hydrogen-bond donors (Lipinski definition) is 1. The van der Waals surface area contributed by atoms with Crippen molar-refractivity contribution in [1.82, 2.24) is 9.80 Å². The maximum atomic E-state index is 13.5. The van der Waals surface area contributed by atoms with E-state index in [0.29, 0.717) is 24.7 Å². The molecule has 1 aliphatic rings. The molecular formula is C30H42N2O5. The molecule has 0 aliphatic carbocycles. The number of aryl methyl sites for hydroxylation is 1. The van der Waals surface area contributed by atoms with Crippen molar-refractivity contribution in [3.63, 3.8) is 0 Å². The van der Waals surface area contributed by atoms with E-state index in [-0.39, 0.29) is 11.3 Å². The number of Topliss-reactive ketones (excluding diaryl/α,β-unsaturated/α-hetero) is 1. The Labute approximate surface area is 221 Å². The average molecular weight is 511 g/mol. The summed E-state index contributed by atoms with van der Waals surface area (Å²) in [6, 6.07) is 10.0. The molecule has 1 N–H and O–H groups in total. The van der Waals surface area contributed by atoms with E-state index in [1.807, 2.05) is 31.2 Å². The van der Waals surface area contributed by atoms with Crippen LogP contribution in [0.25, 0.3) is 0 Å². The van der Waals surface area contributed by atoms with Gasteiger partial charge in [0.1, 0.15) is 11.5 Å². The third-order valence-electron chi connectivity index (χ3n) is 6.69. The molecule has 0 radical (unpaired) electrons. The Hall–Kier alpha value is -3.06. The van der Waals surface area contributed by atoms with Crippen LogP contribution in [0.4, 0.5) is 0 Å². The molecule has 0 unspecified atom stereocenters. The Morgan fingerprint density at radius 2 is 1.73 bits per heavy atom. The minimum absolute atomic E-state index is 0.0563. The van der Waals surface area contributed by atoms with E-state index in [9.17, 15) is 14.7 Å². The predicted octanol–water partition coefficient (Wildman–Crippen LogP) is 6.25. The van der Waals surface area contributed by atoms with Gasteiger partial charge in [-0.3, -0.25) is 9.59 Å². The van der Waals surface area contributed by atoms with Gasteiger partial charge in [0.2, 0.25) is 5.78 Å². The Morgan fingerprint density at radius 1 is 1.03 bits per heavy atom. The van der Waals surface area contributed by atoms with Crippen LogP contribution in [0.5, 0.6) is 5.75 Å². The van der Waals surface area contributed by atoms with Crippen molar-refractivity contribution in [3.05, 3.63) is 64.8 Å². The molecule has 202 valence electrons. The fourth-order valence-corrected chi connectivity index (χ4v) is 4.71. The van der Waals surface area contributed by atoms with E-state index in [1.54, 1.807) is 24.0 Å². The second-order valence-corrected chi connectivity index (χ2v) is 9.73. The van der Waals surface area contributed by atoms with Crippen molar-refractivity contribution in [1.29, 1.82) is 0 Å². The molecule has 1 aromatic heterocycles.